The van der Waals surface area contributed by atoms with Gasteiger partial charge in [0.25, 0.3) is 0 Å². The number of pyridine rings is 1. The zero-order valence-electron chi connectivity index (χ0n) is 11.9. The molecule has 1 unspecified atom stereocenters. The van der Waals surface area contributed by atoms with E-state index in [0.717, 1.165) is 15.7 Å². The van der Waals surface area contributed by atoms with Crippen LogP contribution in [0.15, 0.2) is 29.0 Å². The number of rotatable bonds is 7. The Kier molecular flexibility index (Phi) is 5.68. The average molecular weight is 356 g/mol. The van der Waals surface area contributed by atoms with Gasteiger partial charge in [0.15, 0.2) is 0 Å². The predicted octanol–water partition coefficient (Wildman–Crippen LogP) is 1.25. The summed E-state index contributed by atoms with van der Waals surface area (Å²) in [4.78, 5) is 4.21. The van der Waals surface area contributed by atoms with E-state index < -0.39 is 0 Å². The summed E-state index contributed by atoms with van der Waals surface area (Å²) in [6, 6.07) is 3.45. The second-order valence-electron chi connectivity index (χ2n) is 4.30. The van der Waals surface area contributed by atoms with E-state index in [0.29, 0.717) is 19.0 Å². The molecular weight excluding hydrogens is 338 g/mol. The molecule has 0 aliphatic carbocycles. The fourth-order valence-corrected chi connectivity index (χ4v) is 2.65. The van der Waals surface area contributed by atoms with E-state index in [-0.39, 0.29) is 6.04 Å². The summed E-state index contributed by atoms with van der Waals surface area (Å²) < 4.78 is 13.1. The first kappa shape index (κ1) is 15.9. The molecule has 0 aliphatic rings. The number of nitrogens with one attached hydrogen (secondary N) is 1. The molecule has 0 aromatic carbocycles. The zero-order chi connectivity index (χ0) is 15.2. The number of aromatic nitrogens is 3. The molecule has 0 aliphatic heterocycles. The van der Waals surface area contributed by atoms with Crippen molar-refractivity contribution in [3.63, 3.8) is 0 Å². The maximum atomic E-state index is 5.76. The first-order valence-corrected chi connectivity index (χ1v) is 7.17. The van der Waals surface area contributed by atoms with Crippen molar-refractivity contribution in [3.8, 4) is 5.88 Å². The molecule has 8 heteroatoms. The summed E-state index contributed by atoms with van der Waals surface area (Å²) in [5.41, 5.74) is 4.53. The van der Waals surface area contributed by atoms with E-state index in [1.54, 1.807) is 26.6 Å². The topological polar surface area (TPSA) is 87.2 Å². The molecule has 21 heavy (non-hydrogen) atoms. The van der Waals surface area contributed by atoms with Gasteiger partial charge in [-0.15, -0.1) is 0 Å². The number of ether oxygens (including phenoxy) is 2. The van der Waals surface area contributed by atoms with Gasteiger partial charge in [0.2, 0.25) is 5.88 Å². The first-order chi connectivity index (χ1) is 10.2. The van der Waals surface area contributed by atoms with Crippen LogP contribution >= 0.6 is 15.9 Å². The van der Waals surface area contributed by atoms with Crippen LogP contribution in [-0.2, 0) is 11.3 Å². The Morgan fingerprint density at radius 2 is 2.29 bits per heavy atom. The fourth-order valence-electron chi connectivity index (χ4n) is 2.12. The van der Waals surface area contributed by atoms with Crippen molar-refractivity contribution in [2.45, 2.75) is 12.6 Å². The van der Waals surface area contributed by atoms with Crippen LogP contribution < -0.4 is 16.0 Å². The number of methoxy groups -OCH3 is 2. The summed E-state index contributed by atoms with van der Waals surface area (Å²) in [6.07, 6.45) is 3.41. The van der Waals surface area contributed by atoms with Crippen LogP contribution in [0.5, 0.6) is 5.88 Å². The van der Waals surface area contributed by atoms with Crippen LogP contribution in [0.1, 0.15) is 17.3 Å². The Labute approximate surface area is 131 Å². The minimum absolute atomic E-state index is 0.303. The fraction of sp³-hybridized carbons (Fsp3) is 0.385. The molecule has 0 fully saturated rings. The number of halogens is 1. The van der Waals surface area contributed by atoms with Gasteiger partial charge in [-0.05, 0) is 22.0 Å². The highest BCUT2D eigenvalue weighted by atomic mass is 79.9. The number of hydrogen-bond donors (Lipinski definition) is 2. The Morgan fingerprint density at radius 1 is 1.48 bits per heavy atom. The Bertz CT molecular complexity index is 590. The zero-order valence-corrected chi connectivity index (χ0v) is 13.5. The number of nitrogens with zero attached hydrogens (tertiary/aromatic N) is 3. The lowest BCUT2D eigenvalue weighted by Gasteiger charge is -2.20. The molecule has 2 aromatic rings. The van der Waals surface area contributed by atoms with Crippen LogP contribution in [0.2, 0.25) is 0 Å². The van der Waals surface area contributed by atoms with E-state index in [4.69, 9.17) is 15.3 Å². The summed E-state index contributed by atoms with van der Waals surface area (Å²) in [7, 11) is 3.23. The molecule has 2 aromatic heterocycles. The van der Waals surface area contributed by atoms with Gasteiger partial charge in [0.05, 0.1) is 42.7 Å². The van der Waals surface area contributed by atoms with Crippen LogP contribution in [0.4, 0.5) is 0 Å². The molecule has 0 radical (unpaired) electrons. The number of nitrogens with two attached hydrogens (primary N) is 1. The third kappa shape index (κ3) is 3.41. The predicted molar refractivity (Wildman–Crippen MR) is 81.8 cm³/mol. The molecule has 3 N–H and O–H groups in total. The van der Waals surface area contributed by atoms with Crippen molar-refractivity contribution in [1.82, 2.24) is 20.2 Å². The van der Waals surface area contributed by atoms with Gasteiger partial charge in [0, 0.05) is 18.9 Å². The lowest BCUT2D eigenvalue weighted by atomic mass is 10.1. The summed E-state index contributed by atoms with van der Waals surface area (Å²) >= 11 is 3.51. The second-order valence-corrected chi connectivity index (χ2v) is 5.15. The van der Waals surface area contributed by atoms with Gasteiger partial charge >= 0.3 is 0 Å². The second kappa shape index (κ2) is 7.51. The molecular formula is C13H18BrN5O2. The molecule has 114 valence electrons. The third-order valence-corrected chi connectivity index (χ3v) is 3.70. The number of hydrazine groups is 1. The van der Waals surface area contributed by atoms with Crippen molar-refractivity contribution in [2.75, 3.05) is 20.8 Å². The van der Waals surface area contributed by atoms with Gasteiger partial charge in [-0.1, -0.05) is 6.07 Å². The summed E-state index contributed by atoms with van der Waals surface area (Å²) in [5, 5.41) is 4.34. The highest BCUT2D eigenvalue weighted by Crippen LogP contribution is 2.31. The van der Waals surface area contributed by atoms with Gasteiger partial charge in [0.1, 0.15) is 0 Å². The largest absolute Gasteiger partial charge is 0.481 e. The average Bonchev–Trinajstić information content (AvgIpc) is 2.88. The first-order valence-electron chi connectivity index (χ1n) is 6.38. The highest BCUT2D eigenvalue weighted by Gasteiger charge is 2.24. The van der Waals surface area contributed by atoms with Gasteiger partial charge < -0.3 is 9.47 Å². The lowest BCUT2D eigenvalue weighted by molar-refractivity contribution is 0.182. The molecule has 2 heterocycles. The van der Waals surface area contributed by atoms with Crippen LogP contribution in [-0.4, -0.2) is 35.6 Å². The lowest BCUT2D eigenvalue weighted by Crippen LogP contribution is -2.31. The SMILES string of the molecule is COCCn1ncc(Br)c1C(NN)c1cccnc1OC. The monoisotopic (exact) mass is 355 g/mol. The van der Waals surface area contributed by atoms with E-state index in [1.807, 2.05) is 16.8 Å². The van der Waals surface area contributed by atoms with Gasteiger partial charge in [-0.25, -0.2) is 10.4 Å². The van der Waals surface area contributed by atoms with E-state index in [2.05, 4.69) is 31.4 Å². The smallest absolute Gasteiger partial charge is 0.218 e. The van der Waals surface area contributed by atoms with Crippen molar-refractivity contribution < 1.29 is 9.47 Å². The van der Waals surface area contributed by atoms with E-state index in [1.165, 1.54) is 0 Å². The van der Waals surface area contributed by atoms with Gasteiger partial charge in [-0.3, -0.25) is 10.5 Å². The van der Waals surface area contributed by atoms with Crippen molar-refractivity contribution in [3.05, 3.63) is 40.3 Å². The van der Waals surface area contributed by atoms with Crippen LogP contribution in [0.3, 0.4) is 0 Å². The Balaban J connectivity index is 2.44. The molecule has 0 saturated carbocycles. The third-order valence-electron chi connectivity index (χ3n) is 3.09. The standard InChI is InChI=1S/C13H18BrN5O2/c1-20-7-6-19-12(10(14)8-17-19)11(18-15)9-4-3-5-16-13(9)21-2/h3-5,8,11,18H,6-7,15H2,1-2H3. The minimum atomic E-state index is -0.303. The van der Waals surface area contributed by atoms with Crippen LogP contribution in [0.25, 0.3) is 0 Å². The van der Waals surface area contributed by atoms with E-state index in [9.17, 15) is 0 Å². The number of hydrogen-bond acceptors (Lipinski definition) is 6. The maximum absolute atomic E-state index is 5.76. The maximum Gasteiger partial charge on any atom is 0.218 e. The molecule has 0 bridgehead atoms. The Morgan fingerprint density at radius 3 is 2.95 bits per heavy atom. The minimum Gasteiger partial charge on any atom is -0.481 e. The molecule has 7 nitrogen and oxygen atoms in total. The molecule has 2 rings (SSSR count). The molecule has 1 atom stereocenters. The molecule has 0 spiro atoms. The van der Waals surface area contributed by atoms with Crippen molar-refractivity contribution in [2.24, 2.45) is 5.84 Å². The van der Waals surface area contributed by atoms with E-state index >= 15 is 0 Å². The molecule has 0 saturated heterocycles. The highest BCUT2D eigenvalue weighted by molar-refractivity contribution is 9.10. The van der Waals surface area contributed by atoms with Crippen molar-refractivity contribution >= 4 is 15.9 Å². The van der Waals surface area contributed by atoms with Crippen molar-refractivity contribution in [1.29, 1.82) is 0 Å². The van der Waals surface area contributed by atoms with Gasteiger partial charge in [-0.2, -0.15) is 5.10 Å². The normalized spacial score (nSPS) is 12.4. The summed E-state index contributed by atoms with van der Waals surface area (Å²) in [5.74, 6) is 6.28. The molecule has 0 amide bonds. The Hall–Kier alpha value is -1.48. The van der Waals surface area contributed by atoms with Crippen LogP contribution in [0, 0.1) is 0 Å². The quantitative estimate of drug-likeness (QED) is 0.574. The summed E-state index contributed by atoms with van der Waals surface area (Å²) in [6.45, 7) is 1.18.